The Labute approximate surface area is 53.9 Å². The molecule has 0 saturated heterocycles. The van der Waals surface area contributed by atoms with Crippen LogP contribution < -0.4 is 11.1 Å². The summed E-state index contributed by atoms with van der Waals surface area (Å²) in [5.74, 6) is 1.82. The average Bonchev–Trinajstić information content (AvgIpc) is 1.82. The van der Waals surface area contributed by atoms with Crippen molar-refractivity contribution in [2.24, 2.45) is 5.73 Å². The minimum atomic E-state index is -0.409. The van der Waals surface area contributed by atoms with Crippen molar-refractivity contribution in [1.82, 2.24) is 5.32 Å². The number of rotatable bonds is 2. The summed E-state index contributed by atoms with van der Waals surface area (Å²) >= 11 is 0. The fraction of sp³-hybridized carbons (Fsp3) is 0.167. The number of amides is 1. The molecule has 0 spiro atoms. The van der Waals surface area contributed by atoms with Crippen molar-refractivity contribution >= 4 is 5.91 Å². The van der Waals surface area contributed by atoms with Gasteiger partial charge in [-0.3, -0.25) is 4.79 Å². The first kappa shape index (κ1) is 7.57. The van der Waals surface area contributed by atoms with Gasteiger partial charge >= 0.3 is 0 Å². The molecule has 0 fully saturated rings. The minimum Gasteiger partial charge on any atom is -0.395 e. The molecule has 9 heavy (non-hydrogen) atoms. The van der Waals surface area contributed by atoms with Crippen molar-refractivity contribution in [2.75, 3.05) is 6.54 Å². The zero-order chi connectivity index (χ0) is 7.28. The van der Waals surface area contributed by atoms with Crippen molar-refractivity contribution in [1.29, 1.82) is 0 Å². The van der Waals surface area contributed by atoms with Crippen LogP contribution in [-0.4, -0.2) is 12.5 Å². The van der Waals surface area contributed by atoms with E-state index in [1.807, 2.05) is 0 Å². The summed E-state index contributed by atoms with van der Waals surface area (Å²) < 4.78 is 0. The maximum Gasteiger partial charge on any atom is 0.267 e. The van der Waals surface area contributed by atoms with Crippen LogP contribution in [0.3, 0.4) is 0 Å². The molecule has 0 saturated carbocycles. The van der Waals surface area contributed by atoms with E-state index in [1.54, 1.807) is 0 Å². The predicted octanol–water partition coefficient (Wildman–Crippen LogP) is -0.792. The molecule has 0 atom stereocenters. The average molecular weight is 124 g/mol. The number of hydrogen-bond acceptors (Lipinski definition) is 2. The van der Waals surface area contributed by atoms with Gasteiger partial charge in [0.1, 0.15) is 0 Å². The summed E-state index contributed by atoms with van der Waals surface area (Å²) in [7, 11) is 0. The van der Waals surface area contributed by atoms with Crippen molar-refractivity contribution in [2.45, 2.75) is 0 Å². The summed E-state index contributed by atoms with van der Waals surface area (Å²) in [6.07, 6.45) is 4.84. The molecule has 1 amide bonds. The highest BCUT2D eigenvalue weighted by molar-refractivity contribution is 5.91. The molecule has 3 nitrogen and oxygen atoms in total. The lowest BCUT2D eigenvalue weighted by Crippen LogP contribution is -2.27. The van der Waals surface area contributed by atoms with Crippen molar-refractivity contribution in [3.8, 4) is 12.3 Å². The molecule has 0 aliphatic carbocycles. The van der Waals surface area contributed by atoms with E-state index in [-0.39, 0.29) is 12.2 Å². The van der Waals surface area contributed by atoms with Gasteiger partial charge in [0.15, 0.2) is 0 Å². The highest BCUT2D eigenvalue weighted by Gasteiger charge is 1.97. The Morgan fingerprint density at radius 2 is 2.44 bits per heavy atom. The Hall–Kier alpha value is -1.43. The topological polar surface area (TPSA) is 55.1 Å². The zero-order valence-corrected chi connectivity index (χ0v) is 4.98. The summed E-state index contributed by atoms with van der Waals surface area (Å²) in [5, 5.41) is 2.33. The molecule has 3 heteroatoms. The minimum absolute atomic E-state index is 0.0229. The first-order valence-corrected chi connectivity index (χ1v) is 2.34. The summed E-state index contributed by atoms with van der Waals surface area (Å²) in [6, 6.07) is 0. The van der Waals surface area contributed by atoms with Gasteiger partial charge in [-0.1, -0.05) is 12.5 Å². The van der Waals surface area contributed by atoms with Crippen LogP contribution in [0.2, 0.25) is 0 Å². The molecule has 0 aliphatic heterocycles. The van der Waals surface area contributed by atoms with E-state index in [1.165, 1.54) is 0 Å². The standard InChI is InChI=1S/C6H8N2O/c1-3-4-8-6(9)5(2)7/h1H,2,4,7H2,(H,8,9). The highest BCUT2D eigenvalue weighted by Crippen LogP contribution is 1.73. The van der Waals surface area contributed by atoms with Crippen molar-refractivity contribution in [3.05, 3.63) is 12.3 Å². The van der Waals surface area contributed by atoms with Crippen LogP contribution >= 0.6 is 0 Å². The van der Waals surface area contributed by atoms with Gasteiger partial charge in [0, 0.05) is 0 Å². The molecule has 0 aromatic rings. The number of carbonyl (C=O) groups is 1. The normalized spacial score (nSPS) is 7.44. The SMILES string of the molecule is C#CCNC(=O)C(=C)N. The quantitative estimate of drug-likeness (QED) is 0.374. The first-order valence-electron chi connectivity index (χ1n) is 2.34. The lowest BCUT2D eigenvalue weighted by Gasteiger charge is -1.96. The summed E-state index contributed by atoms with van der Waals surface area (Å²) in [4.78, 5) is 10.5. The number of nitrogens with one attached hydrogen (secondary N) is 1. The van der Waals surface area contributed by atoms with Gasteiger partial charge in [-0.25, -0.2) is 0 Å². The van der Waals surface area contributed by atoms with E-state index < -0.39 is 5.91 Å². The largest absolute Gasteiger partial charge is 0.395 e. The molecule has 0 aliphatic rings. The van der Waals surface area contributed by atoms with Crippen LogP contribution in [0.4, 0.5) is 0 Å². The van der Waals surface area contributed by atoms with Crippen molar-refractivity contribution < 1.29 is 4.79 Å². The molecule has 0 aromatic carbocycles. The van der Waals surface area contributed by atoms with E-state index >= 15 is 0 Å². The molecule has 0 rings (SSSR count). The fourth-order valence-electron chi connectivity index (χ4n) is 0.245. The Bertz CT molecular complexity index is 166. The highest BCUT2D eigenvalue weighted by atomic mass is 16.1. The Morgan fingerprint density at radius 1 is 1.89 bits per heavy atom. The summed E-state index contributed by atoms with van der Waals surface area (Å²) in [6.45, 7) is 3.39. The molecule has 0 radical (unpaired) electrons. The number of hydrogen-bond donors (Lipinski definition) is 2. The number of nitrogens with two attached hydrogens (primary N) is 1. The third-order valence-corrected chi connectivity index (χ3v) is 0.643. The third kappa shape index (κ3) is 3.18. The van der Waals surface area contributed by atoms with Crippen LogP contribution in [0.1, 0.15) is 0 Å². The number of terminal acetylenes is 1. The Kier molecular flexibility index (Phi) is 2.99. The molecule has 0 unspecified atom stereocenters. The van der Waals surface area contributed by atoms with Crippen LogP contribution in [0.15, 0.2) is 12.3 Å². The third-order valence-electron chi connectivity index (χ3n) is 0.643. The second kappa shape index (κ2) is 3.56. The molecular weight excluding hydrogens is 116 g/mol. The van der Waals surface area contributed by atoms with E-state index in [0.717, 1.165) is 0 Å². The number of carbonyl (C=O) groups excluding carboxylic acids is 1. The van der Waals surface area contributed by atoms with Gasteiger partial charge in [0.2, 0.25) is 0 Å². The van der Waals surface area contributed by atoms with E-state index in [0.29, 0.717) is 0 Å². The molecule has 0 aromatic heterocycles. The van der Waals surface area contributed by atoms with Gasteiger partial charge in [0.05, 0.1) is 12.2 Å². The fourth-order valence-corrected chi connectivity index (χ4v) is 0.245. The molecule has 48 valence electrons. The predicted molar refractivity (Wildman–Crippen MR) is 35.2 cm³/mol. The second-order valence-corrected chi connectivity index (χ2v) is 1.41. The van der Waals surface area contributed by atoms with Gasteiger partial charge < -0.3 is 11.1 Å². The van der Waals surface area contributed by atoms with Gasteiger partial charge in [-0.2, -0.15) is 0 Å². The maximum atomic E-state index is 10.5. The zero-order valence-electron chi connectivity index (χ0n) is 4.98. The van der Waals surface area contributed by atoms with Gasteiger partial charge in [-0.15, -0.1) is 6.42 Å². The molecular formula is C6H8N2O. The molecule has 3 N–H and O–H groups in total. The Balaban J connectivity index is 3.55. The van der Waals surface area contributed by atoms with Crippen LogP contribution in [0, 0.1) is 12.3 Å². The van der Waals surface area contributed by atoms with Gasteiger partial charge in [0.25, 0.3) is 5.91 Å². The Morgan fingerprint density at radius 3 is 2.78 bits per heavy atom. The lowest BCUT2D eigenvalue weighted by molar-refractivity contribution is -0.117. The second-order valence-electron chi connectivity index (χ2n) is 1.41. The lowest BCUT2D eigenvalue weighted by atomic mass is 10.5. The molecule has 0 bridgehead atoms. The van der Waals surface area contributed by atoms with Crippen LogP contribution in [0.25, 0.3) is 0 Å². The maximum absolute atomic E-state index is 10.5. The van der Waals surface area contributed by atoms with E-state index in [9.17, 15) is 4.79 Å². The van der Waals surface area contributed by atoms with Crippen LogP contribution in [0.5, 0.6) is 0 Å². The van der Waals surface area contributed by atoms with Crippen LogP contribution in [-0.2, 0) is 4.79 Å². The monoisotopic (exact) mass is 124 g/mol. The van der Waals surface area contributed by atoms with Crippen molar-refractivity contribution in [3.63, 3.8) is 0 Å². The first-order chi connectivity index (χ1) is 4.18. The van der Waals surface area contributed by atoms with E-state index in [2.05, 4.69) is 17.8 Å². The van der Waals surface area contributed by atoms with E-state index in [4.69, 9.17) is 12.2 Å². The molecule has 0 heterocycles. The smallest absolute Gasteiger partial charge is 0.267 e. The van der Waals surface area contributed by atoms with Gasteiger partial charge in [-0.05, 0) is 0 Å². The summed E-state index contributed by atoms with van der Waals surface area (Å²) in [5.41, 5.74) is 4.98.